The molecule has 0 aromatic rings. The van der Waals surface area contributed by atoms with Crippen molar-refractivity contribution in [2.75, 3.05) is 0 Å². The Balaban J connectivity index is 4.50. The smallest absolute Gasteiger partial charge is 0.221 e. The molecule has 0 saturated heterocycles. The minimum Gasteiger partial charge on any atom is -0.346 e. The molecule has 0 aromatic heterocycles. The van der Waals surface area contributed by atoms with Gasteiger partial charge in [0.05, 0.1) is 6.04 Å². The first-order valence-electron chi connectivity index (χ1n) is 6.00. The number of carbonyl (C=O) groups is 3. The van der Waals surface area contributed by atoms with Gasteiger partial charge in [0, 0.05) is 19.3 Å². The van der Waals surface area contributed by atoms with Gasteiger partial charge in [-0.25, -0.2) is 0 Å². The van der Waals surface area contributed by atoms with E-state index in [-0.39, 0.29) is 35.7 Å². The lowest BCUT2D eigenvalue weighted by molar-refractivity contribution is -0.130. The van der Waals surface area contributed by atoms with Crippen molar-refractivity contribution in [1.82, 2.24) is 5.32 Å². The summed E-state index contributed by atoms with van der Waals surface area (Å²) < 4.78 is 0. The van der Waals surface area contributed by atoms with E-state index in [1.54, 1.807) is 6.92 Å². The minimum atomic E-state index is -0.480. The summed E-state index contributed by atoms with van der Waals surface area (Å²) in [6.45, 7) is 8.97. The van der Waals surface area contributed by atoms with Crippen molar-refractivity contribution in [2.24, 2.45) is 5.41 Å². The standard InChI is InChI=1S/C13H23NO3/c1-6-10(16)12(13(3,4)5)14-11(17)8-7-9(2)15/h12H,6-8H2,1-5H3,(H,14,17). The van der Waals surface area contributed by atoms with E-state index in [1.165, 1.54) is 6.92 Å². The Morgan fingerprint density at radius 3 is 2.00 bits per heavy atom. The lowest BCUT2D eigenvalue weighted by Crippen LogP contribution is -2.48. The molecule has 0 aliphatic rings. The van der Waals surface area contributed by atoms with E-state index in [0.717, 1.165) is 0 Å². The molecule has 0 aromatic carbocycles. The zero-order chi connectivity index (χ0) is 13.6. The van der Waals surface area contributed by atoms with Gasteiger partial charge < -0.3 is 10.1 Å². The third kappa shape index (κ3) is 6.19. The van der Waals surface area contributed by atoms with Crippen molar-refractivity contribution < 1.29 is 14.4 Å². The number of ketones is 2. The molecule has 0 rings (SSSR count). The van der Waals surface area contributed by atoms with Crippen molar-refractivity contribution in [3.8, 4) is 0 Å². The van der Waals surface area contributed by atoms with Crippen molar-refractivity contribution >= 4 is 17.5 Å². The maximum atomic E-state index is 11.8. The fourth-order valence-electron chi connectivity index (χ4n) is 1.51. The second-order valence-corrected chi connectivity index (χ2v) is 5.39. The third-order valence-electron chi connectivity index (χ3n) is 2.55. The van der Waals surface area contributed by atoms with Crippen LogP contribution in [0.5, 0.6) is 0 Å². The first-order chi connectivity index (χ1) is 7.68. The molecule has 1 amide bonds. The molecular formula is C13H23NO3. The molecule has 0 aliphatic heterocycles. The SMILES string of the molecule is CCC(=O)C(NC(=O)CCC(C)=O)C(C)(C)C. The van der Waals surface area contributed by atoms with Gasteiger partial charge in [-0.2, -0.15) is 0 Å². The molecular weight excluding hydrogens is 218 g/mol. The molecule has 0 bridgehead atoms. The Kier molecular flexibility index (Phi) is 6.07. The van der Waals surface area contributed by atoms with Crippen molar-refractivity contribution in [2.45, 2.75) is 59.9 Å². The Morgan fingerprint density at radius 2 is 1.65 bits per heavy atom. The van der Waals surface area contributed by atoms with Crippen LogP contribution in [0.1, 0.15) is 53.9 Å². The average Bonchev–Trinajstić information content (AvgIpc) is 2.20. The lowest BCUT2D eigenvalue weighted by atomic mass is 9.83. The highest BCUT2D eigenvalue weighted by Crippen LogP contribution is 2.21. The molecule has 0 aliphatic carbocycles. The van der Waals surface area contributed by atoms with Crippen LogP contribution >= 0.6 is 0 Å². The first kappa shape index (κ1) is 15.8. The highest BCUT2D eigenvalue weighted by Gasteiger charge is 2.31. The lowest BCUT2D eigenvalue weighted by Gasteiger charge is -2.30. The Morgan fingerprint density at radius 1 is 1.12 bits per heavy atom. The van der Waals surface area contributed by atoms with Gasteiger partial charge in [-0.1, -0.05) is 27.7 Å². The van der Waals surface area contributed by atoms with E-state index in [2.05, 4.69) is 5.32 Å². The van der Waals surface area contributed by atoms with Crippen LogP contribution in [0.15, 0.2) is 0 Å². The van der Waals surface area contributed by atoms with Crippen LogP contribution in [-0.2, 0) is 14.4 Å². The summed E-state index contributed by atoms with van der Waals surface area (Å²) >= 11 is 0. The molecule has 1 atom stereocenters. The minimum absolute atomic E-state index is 0.0192. The summed E-state index contributed by atoms with van der Waals surface area (Å²) in [4.78, 5) is 34.1. The molecule has 0 spiro atoms. The van der Waals surface area contributed by atoms with Crippen molar-refractivity contribution in [1.29, 1.82) is 0 Å². The van der Waals surface area contributed by atoms with Gasteiger partial charge >= 0.3 is 0 Å². The average molecular weight is 241 g/mol. The highest BCUT2D eigenvalue weighted by molar-refractivity contribution is 5.90. The van der Waals surface area contributed by atoms with Crippen molar-refractivity contribution in [3.05, 3.63) is 0 Å². The zero-order valence-electron chi connectivity index (χ0n) is 11.4. The first-order valence-corrected chi connectivity index (χ1v) is 6.00. The van der Waals surface area contributed by atoms with E-state index >= 15 is 0 Å². The van der Waals surface area contributed by atoms with Crippen LogP contribution in [-0.4, -0.2) is 23.5 Å². The predicted molar refractivity (Wildman–Crippen MR) is 66.6 cm³/mol. The van der Waals surface area contributed by atoms with Gasteiger partial charge in [0.1, 0.15) is 5.78 Å². The zero-order valence-corrected chi connectivity index (χ0v) is 11.4. The van der Waals surface area contributed by atoms with Crippen LogP contribution in [0, 0.1) is 5.41 Å². The topological polar surface area (TPSA) is 63.2 Å². The molecule has 4 heteroatoms. The number of nitrogens with one attached hydrogen (secondary N) is 1. The molecule has 17 heavy (non-hydrogen) atoms. The second-order valence-electron chi connectivity index (χ2n) is 5.39. The van der Waals surface area contributed by atoms with E-state index in [0.29, 0.717) is 6.42 Å². The van der Waals surface area contributed by atoms with Crippen LogP contribution in [0.2, 0.25) is 0 Å². The van der Waals surface area contributed by atoms with Gasteiger partial charge in [0.25, 0.3) is 0 Å². The highest BCUT2D eigenvalue weighted by atomic mass is 16.2. The summed E-state index contributed by atoms with van der Waals surface area (Å²) in [5.41, 5.74) is -0.307. The molecule has 1 N–H and O–H groups in total. The quantitative estimate of drug-likeness (QED) is 0.772. The summed E-state index contributed by atoms with van der Waals surface area (Å²) in [5.74, 6) is -0.232. The molecule has 0 fully saturated rings. The fourth-order valence-corrected chi connectivity index (χ4v) is 1.51. The van der Waals surface area contributed by atoms with Crippen LogP contribution < -0.4 is 5.32 Å². The normalized spacial score (nSPS) is 13.0. The van der Waals surface area contributed by atoms with Gasteiger partial charge in [0.2, 0.25) is 5.91 Å². The van der Waals surface area contributed by atoms with Crippen LogP contribution in [0.3, 0.4) is 0 Å². The number of Topliss-reactive ketones (excluding diaryl/α,β-unsaturated/α-hetero) is 2. The Bertz CT molecular complexity index is 302. The summed E-state index contributed by atoms with van der Waals surface area (Å²) in [6, 6.07) is -0.480. The summed E-state index contributed by atoms with van der Waals surface area (Å²) in [6.07, 6.45) is 0.775. The van der Waals surface area contributed by atoms with Gasteiger partial charge in [0.15, 0.2) is 5.78 Å². The number of amides is 1. The predicted octanol–water partition coefficient (Wildman–Crippen LogP) is 1.87. The van der Waals surface area contributed by atoms with E-state index in [9.17, 15) is 14.4 Å². The molecule has 98 valence electrons. The number of hydrogen-bond donors (Lipinski definition) is 1. The van der Waals surface area contributed by atoms with Crippen molar-refractivity contribution in [3.63, 3.8) is 0 Å². The second kappa shape index (κ2) is 6.52. The summed E-state index contributed by atoms with van der Waals surface area (Å²) in [7, 11) is 0. The Hall–Kier alpha value is -1.19. The number of carbonyl (C=O) groups excluding carboxylic acids is 3. The third-order valence-corrected chi connectivity index (χ3v) is 2.55. The van der Waals surface area contributed by atoms with Gasteiger partial charge in [-0.3, -0.25) is 9.59 Å². The fraction of sp³-hybridized carbons (Fsp3) is 0.769. The summed E-state index contributed by atoms with van der Waals surface area (Å²) in [5, 5.41) is 2.72. The van der Waals surface area contributed by atoms with Crippen LogP contribution in [0.4, 0.5) is 0 Å². The van der Waals surface area contributed by atoms with E-state index < -0.39 is 6.04 Å². The largest absolute Gasteiger partial charge is 0.346 e. The molecule has 1 unspecified atom stereocenters. The van der Waals surface area contributed by atoms with E-state index in [1.807, 2.05) is 20.8 Å². The molecule has 0 heterocycles. The molecule has 0 radical (unpaired) electrons. The van der Waals surface area contributed by atoms with Gasteiger partial charge in [-0.15, -0.1) is 0 Å². The maximum absolute atomic E-state index is 11.8. The van der Waals surface area contributed by atoms with Gasteiger partial charge in [-0.05, 0) is 12.3 Å². The monoisotopic (exact) mass is 241 g/mol. The Labute approximate surface area is 103 Å². The molecule has 4 nitrogen and oxygen atoms in total. The van der Waals surface area contributed by atoms with E-state index in [4.69, 9.17) is 0 Å². The van der Waals surface area contributed by atoms with Crippen LogP contribution in [0.25, 0.3) is 0 Å². The number of rotatable bonds is 6. The number of hydrogen-bond acceptors (Lipinski definition) is 3. The maximum Gasteiger partial charge on any atom is 0.221 e. The molecule has 0 saturated carbocycles.